The molecular formula is C20H22N2O3S. The molecule has 0 saturated heterocycles. The summed E-state index contributed by atoms with van der Waals surface area (Å²) in [4.78, 5) is 15.5. The Hall–Kier alpha value is -2.60. The van der Waals surface area contributed by atoms with E-state index in [9.17, 15) is 4.79 Å². The standard InChI is InChI=1S/C20H22N2O3S/c1-13-9-10-26-19(13)11-22(4)20(23)16-5-7-17(8-6-16)24-12-18-14(2)21-25-15(18)3/h5-10H,11-12H2,1-4H3. The molecule has 0 fully saturated rings. The van der Waals surface area contributed by atoms with Crippen molar-refractivity contribution in [2.75, 3.05) is 7.05 Å². The summed E-state index contributed by atoms with van der Waals surface area (Å²) >= 11 is 1.67. The molecule has 2 heterocycles. The summed E-state index contributed by atoms with van der Waals surface area (Å²) in [6.45, 7) is 6.83. The topological polar surface area (TPSA) is 55.6 Å². The van der Waals surface area contributed by atoms with Crippen molar-refractivity contribution in [3.63, 3.8) is 0 Å². The van der Waals surface area contributed by atoms with Gasteiger partial charge in [-0.3, -0.25) is 4.79 Å². The first-order valence-electron chi connectivity index (χ1n) is 8.38. The monoisotopic (exact) mass is 370 g/mol. The molecule has 2 aromatic heterocycles. The van der Waals surface area contributed by atoms with E-state index < -0.39 is 0 Å². The largest absolute Gasteiger partial charge is 0.489 e. The summed E-state index contributed by atoms with van der Waals surface area (Å²) in [7, 11) is 1.82. The van der Waals surface area contributed by atoms with Gasteiger partial charge in [-0.25, -0.2) is 0 Å². The predicted octanol–water partition coefficient (Wildman–Crippen LogP) is 4.51. The van der Waals surface area contributed by atoms with Crippen LogP contribution in [0.4, 0.5) is 0 Å². The third-order valence-electron chi connectivity index (χ3n) is 4.36. The Kier molecular flexibility index (Phi) is 5.42. The van der Waals surface area contributed by atoms with Gasteiger partial charge in [0, 0.05) is 17.5 Å². The highest BCUT2D eigenvalue weighted by molar-refractivity contribution is 7.10. The van der Waals surface area contributed by atoms with Crippen LogP contribution < -0.4 is 4.74 Å². The van der Waals surface area contributed by atoms with Gasteiger partial charge in [-0.05, 0) is 62.0 Å². The van der Waals surface area contributed by atoms with Crippen LogP contribution in [0.25, 0.3) is 0 Å². The number of aromatic nitrogens is 1. The molecule has 0 atom stereocenters. The van der Waals surface area contributed by atoms with Crippen LogP contribution in [-0.2, 0) is 13.2 Å². The summed E-state index contributed by atoms with van der Waals surface area (Å²) in [5.41, 5.74) is 3.65. The number of aryl methyl sites for hydroxylation is 3. The smallest absolute Gasteiger partial charge is 0.253 e. The van der Waals surface area contributed by atoms with Crippen molar-refractivity contribution in [2.24, 2.45) is 0 Å². The summed E-state index contributed by atoms with van der Waals surface area (Å²) in [5, 5.41) is 5.97. The van der Waals surface area contributed by atoms with Gasteiger partial charge in [-0.15, -0.1) is 11.3 Å². The zero-order valence-corrected chi connectivity index (χ0v) is 16.2. The molecule has 0 unspecified atom stereocenters. The van der Waals surface area contributed by atoms with Gasteiger partial charge >= 0.3 is 0 Å². The SMILES string of the molecule is Cc1ccsc1CN(C)C(=O)c1ccc(OCc2c(C)noc2C)cc1. The first-order chi connectivity index (χ1) is 12.5. The summed E-state index contributed by atoms with van der Waals surface area (Å²) in [6, 6.07) is 9.29. The van der Waals surface area contributed by atoms with Crippen LogP contribution in [0.15, 0.2) is 40.2 Å². The molecule has 6 heteroatoms. The number of thiophene rings is 1. The maximum Gasteiger partial charge on any atom is 0.253 e. The van der Waals surface area contributed by atoms with Gasteiger partial charge < -0.3 is 14.2 Å². The lowest BCUT2D eigenvalue weighted by Gasteiger charge is -2.17. The second kappa shape index (κ2) is 7.74. The lowest BCUT2D eigenvalue weighted by Crippen LogP contribution is -2.26. The van der Waals surface area contributed by atoms with Crippen LogP contribution in [0.2, 0.25) is 0 Å². The molecule has 1 amide bonds. The first-order valence-corrected chi connectivity index (χ1v) is 9.26. The van der Waals surface area contributed by atoms with Crippen LogP contribution in [0, 0.1) is 20.8 Å². The maximum absolute atomic E-state index is 12.6. The predicted molar refractivity (Wildman–Crippen MR) is 102 cm³/mol. The van der Waals surface area contributed by atoms with Crippen LogP contribution in [0.1, 0.15) is 37.8 Å². The van der Waals surface area contributed by atoms with Crippen LogP contribution in [0.3, 0.4) is 0 Å². The summed E-state index contributed by atoms with van der Waals surface area (Å²) in [5.74, 6) is 1.47. The fourth-order valence-corrected chi connectivity index (χ4v) is 3.59. The van der Waals surface area contributed by atoms with E-state index >= 15 is 0 Å². The van der Waals surface area contributed by atoms with Crippen molar-refractivity contribution in [1.82, 2.24) is 10.1 Å². The highest BCUT2D eigenvalue weighted by Crippen LogP contribution is 2.20. The molecule has 0 saturated carbocycles. The van der Waals surface area contributed by atoms with Gasteiger partial charge in [0.1, 0.15) is 18.1 Å². The van der Waals surface area contributed by atoms with E-state index in [1.807, 2.05) is 38.4 Å². The Labute approximate surface area is 157 Å². The fourth-order valence-electron chi connectivity index (χ4n) is 2.63. The normalized spacial score (nSPS) is 10.8. The number of hydrogen-bond acceptors (Lipinski definition) is 5. The first kappa shape index (κ1) is 18.2. The molecule has 26 heavy (non-hydrogen) atoms. The molecule has 0 N–H and O–H groups in total. The molecule has 5 nitrogen and oxygen atoms in total. The maximum atomic E-state index is 12.6. The molecule has 0 radical (unpaired) electrons. The number of hydrogen-bond donors (Lipinski definition) is 0. The molecule has 136 valence electrons. The van der Waals surface area contributed by atoms with Gasteiger partial charge in [0.15, 0.2) is 0 Å². The van der Waals surface area contributed by atoms with E-state index in [4.69, 9.17) is 9.26 Å². The average molecular weight is 370 g/mol. The molecule has 0 bridgehead atoms. The van der Waals surface area contributed by atoms with Crippen LogP contribution in [0.5, 0.6) is 5.75 Å². The number of carbonyl (C=O) groups excluding carboxylic acids is 1. The summed E-state index contributed by atoms with van der Waals surface area (Å²) < 4.78 is 10.9. The van der Waals surface area contributed by atoms with Gasteiger partial charge in [0.05, 0.1) is 17.8 Å². The molecule has 3 rings (SSSR count). The molecule has 0 aliphatic rings. The van der Waals surface area contributed by atoms with Crippen molar-refractivity contribution in [1.29, 1.82) is 0 Å². The third kappa shape index (κ3) is 3.96. The molecule has 0 spiro atoms. The van der Waals surface area contributed by atoms with E-state index in [0.717, 1.165) is 17.0 Å². The number of amides is 1. The zero-order chi connectivity index (χ0) is 18.7. The Bertz CT molecular complexity index is 877. The van der Waals surface area contributed by atoms with Gasteiger partial charge in [-0.2, -0.15) is 0 Å². The Morgan fingerprint density at radius 2 is 1.92 bits per heavy atom. The van der Waals surface area contributed by atoms with E-state index in [1.54, 1.807) is 28.4 Å². The van der Waals surface area contributed by atoms with Gasteiger partial charge in [0.25, 0.3) is 5.91 Å². The van der Waals surface area contributed by atoms with Crippen molar-refractivity contribution >= 4 is 17.2 Å². The highest BCUT2D eigenvalue weighted by Gasteiger charge is 2.14. The van der Waals surface area contributed by atoms with E-state index in [-0.39, 0.29) is 5.91 Å². The molecular weight excluding hydrogens is 348 g/mol. The highest BCUT2D eigenvalue weighted by atomic mass is 32.1. The molecule has 0 aliphatic heterocycles. The Morgan fingerprint density at radius 3 is 2.50 bits per heavy atom. The number of benzene rings is 1. The van der Waals surface area contributed by atoms with Crippen molar-refractivity contribution in [3.8, 4) is 5.75 Å². The minimum Gasteiger partial charge on any atom is -0.489 e. The molecule has 1 aromatic carbocycles. The van der Waals surface area contributed by atoms with Gasteiger partial charge in [-0.1, -0.05) is 5.16 Å². The number of ether oxygens (including phenoxy) is 1. The lowest BCUT2D eigenvalue weighted by molar-refractivity contribution is 0.0786. The van der Waals surface area contributed by atoms with Crippen molar-refractivity contribution in [2.45, 2.75) is 33.9 Å². The molecule has 3 aromatic rings. The minimum absolute atomic E-state index is 0.00456. The van der Waals surface area contributed by atoms with E-state index in [0.29, 0.717) is 24.5 Å². The minimum atomic E-state index is -0.00456. The van der Waals surface area contributed by atoms with Crippen molar-refractivity contribution < 1.29 is 14.1 Å². The second-order valence-electron chi connectivity index (χ2n) is 6.30. The summed E-state index contributed by atoms with van der Waals surface area (Å²) in [6.07, 6.45) is 0. The second-order valence-corrected chi connectivity index (χ2v) is 7.30. The zero-order valence-electron chi connectivity index (χ0n) is 15.4. The molecule has 0 aliphatic carbocycles. The van der Waals surface area contributed by atoms with E-state index in [1.165, 1.54) is 10.4 Å². The quantitative estimate of drug-likeness (QED) is 0.640. The van der Waals surface area contributed by atoms with Gasteiger partial charge in [0.2, 0.25) is 0 Å². The third-order valence-corrected chi connectivity index (χ3v) is 5.37. The Morgan fingerprint density at radius 1 is 1.19 bits per heavy atom. The van der Waals surface area contributed by atoms with Crippen LogP contribution in [-0.4, -0.2) is 23.0 Å². The Balaban J connectivity index is 1.61. The number of rotatable bonds is 6. The number of nitrogens with zero attached hydrogens (tertiary/aromatic N) is 2. The lowest BCUT2D eigenvalue weighted by atomic mass is 10.2. The number of carbonyl (C=O) groups is 1. The van der Waals surface area contributed by atoms with Crippen molar-refractivity contribution in [3.05, 3.63) is 68.7 Å². The average Bonchev–Trinajstić information content (AvgIpc) is 3.18. The fraction of sp³-hybridized carbons (Fsp3) is 0.300. The van der Waals surface area contributed by atoms with Crippen LogP contribution >= 0.6 is 11.3 Å². The van der Waals surface area contributed by atoms with E-state index in [2.05, 4.69) is 18.1 Å².